The van der Waals surface area contributed by atoms with Gasteiger partial charge in [0, 0.05) is 25.4 Å². The second-order valence-corrected chi connectivity index (χ2v) is 4.78. The molecule has 0 radical (unpaired) electrons. The molecule has 0 saturated heterocycles. The molecule has 0 aliphatic heterocycles. The lowest BCUT2D eigenvalue weighted by Crippen LogP contribution is -2.30. The fourth-order valence-corrected chi connectivity index (χ4v) is 2.10. The molecule has 0 N–H and O–H groups in total. The van der Waals surface area contributed by atoms with Gasteiger partial charge in [-0.2, -0.15) is 0 Å². The highest BCUT2D eigenvalue weighted by atomic mass is 16.5. The number of benzene rings is 1. The van der Waals surface area contributed by atoms with Crippen LogP contribution in [0.3, 0.4) is 0 Å². The monoisotopic (exact) mass is 296 g/mol. The normalized spacial score (nSPS) is 10.0. The van der Waals surface area contributed by atoms with Crippen LogP contribution in [0.4, 0.5) is 0 Å². The van der Waals surface area contributed by atoms with Gasteiger partial charge < -0.3 is 9.64 Å². The van der Waals surface area contributed by atoms with E-state index in [-0.39, 0.29) is 5.91 Å². The summed E-state index contributed by atoms with van der Waals surface area (Å²) in [5, 5.41) is 0. The van der Waals surface area contributed by atoms with Crippen molar-refractivity contribution in [1.29, 1.82) is 0 Å². The summed E-state index contributed by atoms with van der Waals surface area (Å²) in [6.07, 6.45) is 3.28. The Labute approximate surface area is 131 Å². The first-order valence-corrected chi connectivity index (χ1v) is 7.27. The van der Waals surface area contributed by atoms with E-state index in [1.807, 2.05) is 37.3 Å². The van der Waals surface area contributed by atoms with Crippen LogP contribution in [0.15, 0.2) is 61.3 Å². The Bertz CT molecular complexity index is 609. The first-order chi connectivity index (χ1) is 10.7. The molecule has 1 aromatic carbocycles. The third-order valence-corrected chi connectivity index (χ3v) is 3.13. The van der Waals surface area contributed by atoms with Crippen LogP contribution in [-0.2, 0) is 6.54 Å². The second kappa shape index (κ2) is 7.98. The van der Waals surface area contributed by atoms with Crippen molar-refractivity contribution >= 4 is 5.91 Å². The van der Waals surface area contributed by atoms with E-state index in [1.54, 1.807) is 29.3 Å². The zero-order valence-electron chi connectivity index (χ0n) is 12.7. The van der Waals surface area contributed by atoms with Crippen molar-refractivity contribution in [3.63, 3.8) is 0 Å². The summed E-state index contributed by atoms with van der Waals surface area (Å²) in [4.78, 5) is 18.5. The van der Waals surface area contributed by atoms with Gasteiger partial charge in [-0.25, -0.2) is 4.98 Å². The molecular formula is C18H20N2O2. The average molecular weight is 296 g/mol. The lowest BCUT2D eigenvalue weighted by Gasteiger charge is -2.21. The van der Waals surface area contributed by atoms with Crippen molar-refractivity contribution in [2.75, 3.05) is 13.2 Å². The molecule has 0 aliphatic rings. The molecule has 2 rings (SSSR count). The molecule has 0 fully saturated rings. The molecule has 0 unspecified atom stereocenters. The Balaban J connectivity index is 2.13. The average Bonchev–Trinajstić information content (AvgIpc) is 2.56. The highest BCUT2D eigenvalue weighted by Gasteiger charge is 2.15. The van der Waals surface area contributed by atoms with Gasteiger partial charge in [-0.3, -0.25) is 4.79 Å². The van der Waals surface area contributed by atoms with Crippen LogP contribution >= 0.6 is 0 Å². The van der Waals surface area contributed by atoms with Gasteiger partial charge in [-0.1, -0.05) is 36.4 Å². The minimum absolute atomic E-state index is 0.0701. The quantitative estimate of drug-likeness (QED) is 0.736. The van der Waals surface area contributed by atoms with E-state index in [0.29, 0.717) is 31.1 Å². The Morgan fingerprint density at radius 3 is 2.64 bits per heavy atom. The summed E-state index contributed by atoms with van der Waals surface area (Å²) in [7, 11) is 0. The summed E-state index contributed by atoms with van der Waals surface area (Å²) < 4.78 is 5.29. The van der Waals surface area contributed by atoms with Crippen LogP contribution in [0.1, 0.15) is 22.8 Å². The number of aromatic nitrogens is 1. The van der Waals surface area contributed by atoms with Gasteiger partial charge in [-0.15, -0.1) is 6.58 Å². The SMILES string of the molecule is C=CCN(Cc1ccccc1)C(=O)c1ccc(OCC)nc1. The van der Waals surface area contributed by atoms with E-state index >= 15 is 0 Å². The lowest BCUT2D eigenvalue weighted by molar-refractivity contribution is 0.0762. The summed E-state index contributed by atoms with van der Waals surface area (Å²) in [6.45, 7) is 7.20. The number of pyridine rings is 1. The first kappa shape index (κ1) is 15.8. The molecule has 4 heteroatoms. The highest BCUT2D eigenvalue weighted by molar-refractivity contribution is 5.94. The molecule has 4 nitrogen and oxygen atoms in total. The van der Waals surface area contributed by atoms with Crippen LogP contribution in [-0.4, -0.2) is 28.9 Å². The maximum atomic E-state index is 12.6. The van der Waals surface area contributed by atoms with Gasteiger partial charge >= 0.3 is 0 Å². The molecule has 0 spiro atoms. The number of nitrogens with zero attached hydrogens (tertiary/aromatic N) is 2. The number of carbonyl (C=O) groups is 1. The van der Waals surface area contributed by atoms with Crippen molar-refractivity contribution in [3.05, 3.63) is 72.4 Å². The fourth-order valence-electron chi connectivity index (χ4n) is 2.10. The summed E-state index contributed by atoms with van der Waals surface area (Å²) in [6, 6.07) is 13.3. The molecule has 1 aromatic heterocycles. The maximum absolute atomic E-state index is 12.6. The van der Waals surface area contributed by atoms with Crippen LogP contribution in [0.5, 0.6) is 5.88 Å². The molecular weight excluding hydrogens is 276 g/mol. The number of rotatable bonds is 7. The van der Waals surface area contributed by atoms with Crippen LogP contribution in [0, 0.1) is 0 Å². The predicted octanol–water partition coefficient (Wildman–Crippen LogP) is 3.31. The van der Waals surface area contributed by atoms with E-state index in [1.165, 1.54) is 0 Å². The second-order valence-electron chi connectivity index (χ2n) is 4.78. The fraction of sp³-hybridized carbons (Fsp3) is 0.222. The third kappa shape index (κ3) is 4.19. The van der Waals surface area contributed by atoms with Crippen LogP contribution in [0.25, 0.3) is 0 Å². The molecule has 22 heavy (non-hydrogen) atoms. The third-order valence-electron chi connectivity index (χ3n) is 3.13. The van der Waals surface area contributed by atoms with Gasteiger partial charge in [0.15, 0.2) is 0 Å². The van der Waals surface area contributed by atoms with Crippen molar-refractivity contribution < 1.29 is 9.53 Å². The molecule has 0 saturated carbocycles. The minimum Gasteiger partial charge on any atom is -0.478 e. The molecule has 1 amide bonds. The predicted molar refractivity (Wildman–Crippen MR) is 86.8 cm³/mol. The molecule has 0 atom stereocenters. The molecule has 0 bridgehead atoms. The maximum Gasteiger partial charge on any atom is 0.256 e. The summed E-state index contributed by atoms with van der Waals surface area (Å²) in [5.74, 6) is 0.455. The Hall–Kier alpha value is -2.62. The van der Waals surface area contributed by atoms with Crippen molar-refractivity contribution in [2.45, 2.75) is 13.5 Å². The first-order valence-electron chi connectivity index (χ1n) is 7.27. The van der Waals surface area contributed by atoms with Gasteiger partial charge in [-0.05, 0) is 18.6 Å². The van der Waals surface area contributed by atoms with Crippen LogP contribution in [0.2, 0.25) is 0 Å². The largest absolute Gasteiger partial charge is 0.478 e. The van der Waals surface area contributed by atoms with E-state index in [2.05, 4.69) is 11.6 Å². The van der Waals surface area contributed by atoms with Crippen molar-refractivity contribution in [1.82, 2.24) is 9.88 Å². The summed E-state index contributed by atoms with van der Waals surface area (Å²) in [5.41, 5.74) is 1.62. The number of carbonyl (C=O) groups excluding carboxylic acids is 1. The number of hydrogen-bond acceptors (Lipinski definition) is 3. The zero-order chi connectivity index (χ0) is 15.8. The van der Waals surface area contributed by atoms with Gasteiger partial charge in [0.25, 0.3) is 5.91 Å². The Morgan fingerprint density at radius 1 is 1.27 bits per heavy atom. The standard InChI is InChI=1S/C18H20N2O2/c1-3-12-20(14-15-8-6-5-7-9-15)18(21)16-10-11-17(19-13-16)22-4-2/h3,5-11,13H,1,4,12,14H2,2H3. The summed E-state index contributed by atoms with van der Waals surface area (Å²) >= 11 is 0. The molecule has 0 aliphatic carbocycles. The van der Waals surface area contributed by atoms with Crippen molar-refractivity contribution in [2.24, 2.45) is 0 Å². The zero-order valence-corrected chi connectivity index (χ0v) is 12.7. The highest BCUT2D eigenvalue weighted by Crippen LogP contribution is 2.12. The van der Waals surface area contributed by atoms with Gasteiger partial charge in [0.05, 0.1) is 12.2 Å². The number of hydrogen-bond donors (Lipinski definition) is 0. The molecule has 2 aromatic rings. The number of ether oxygens (including phenoxy) is 1. The number of amides is 1. The Morgan fingerprint density at radius 2 is 2.05 bits per heavy atom. The van der Waals surface area contributed by atoms with E-state index in [4.69, 9.17) is 4.74 Å². The minimum atomic E-state index is -0.0701. The van der Waals surface area contributed by atoms with Gasteiger partial charge in [0.2, 0.25) is 5.88 Å². The van der Waals surface area contributed by atoms with Gasteiger partial charge in [0.1, 0.15) is 0 Å². The van der Waals surface area contributed by atoms with E-state index in [0.717, 1.165) is 5.56 Å². The van der Waals surface area contributed by atoms with Crippen LogP contribution < -0.4 is 4.74 Å². The van der Waals surface area contributed by atoms with Crippen molar-refractivity contribution in [3.8, 4) is 5.88 Å². The Kier molecular flexibility index (Phi) is 5.72. The lowest BCUT2D eigenvalue weighted by atomic mass is 10.2. The smallest absolute Gasteiger partial charge is 0.256 e. The molecule has 1 heterocycles. The van der Waals surface area contributed by atoms with E-state index < -0.39 is 0 Å². The van der Waals surface area contributed by atoms with E-state index in [9.17, 15) is 4.79 Å². The molecule has 114 valence electrons. The topological polar surface area (TPSA) is 42.4 Å².